The zero-order chi connectivity index (χ0) is 21.8. The van der Waals surface area contributed by atoms with E-state index in [2.05, 4.69) is 10.3 Å². The van der Waals surface area contributed by atoms with Gasteiger partial charge in [0.15, 0.2) is 0 Å². The van der Waals surface area contributed by atoms with E-state index in [0.717, 1.165) is 18.4 Å². The number of carbonyl (C=O) groups excluding carboxylic acids is 1. The highest BCUT2D eigenvalue weighted by Crippen LogP contribution is 2.52. The van der Waals surface area contributed by atoms with Gasteiger partial charge in [-0.05, 0) is 44.7 Å². The van der Waals surface area contributed by atoms with Crippen molar-refractivity contribution in [3.8, 4) is 11.1 Å². The van der Waals surface area contributed by atoms with Gasteiger partial charge in [0.05, 0.1) is 16.2 Å². The maximum absolute atomic E-state index is 15.4. The molecule has 0 saturated heterocycles. The number of halogens is 2. The number of anilines is 2. The Hall–Kier alpha value is -2.38. The van der Waals surface area contributed by atoms with E-state index in [4.69, 9.17) is 17.3 Å². The molecule has 2 aliphatic rings. The maximum Gasteiger partial charge on any atom is 0.258 e. The van der Waals surface area contributed by atoms with Gasteiger partial charge in [-0.15, -0.1) is 0 Å². The van der Waals surface area contributed by atoms with E-state index in [1.165, 1.54) is 23.2 Å². The molecule has 2 heterocycles. The summed E-state index contributed by atoms with van der Waals surface area (Å²) in [6.45, 7) is 2.54. The highest BCUT2D eigenvalue weighted by atomic mass is 35.5. The van der Waals surface area contributed by atoms with Crippen LogP contribution >= 0.6 is 11.6 Å². The van der Waals surface area contributed by atoms with Crippen molar-refractivity contribution in [3.63, 3.8) is 0 Å². The van der Waals surface area contributed by atoms with E-state index in [-0.39, 0.29) is 22.2 Å². The summed E-state index contributed by atoms with van der Waals surface area (Å²) in [7, 11) is 3.09. The Morgan fingerprint density at radius 3 is 2.57 bits per heavy atom. The molecule has 1 fully saturated rings. The summed E-state index contributed by atoms with van der Waals surface area (Å²) in [5.74, 6) is -0.514. The van der Waals surface area contributed by atoms with Crippen LogP contribution in [0.25, 0.3) is 11.1 Å². The second kappa shape index (κ2) is 7.10. The van der Waals surface area contributed by atoms with E-state index in [1.54, 1.807) is 14.1 Å². The van der Waals surface area contributed by atoms with Gasteiger partial charge in [-0.25, -0.2) is 9.37 Å². The van der Waals surface area contributed by atoms with Crippen LogP contribution in [0.5, 0.6) is 0 Å². The number of nitrogens with zero attached hydrogens (tertiary/aromatic N) is 2. The SMILES string of the molecule is CN(C)C(=O)c1c(N)ccc(-c2cnc3c(c2Cl)[C@]2(CC[C@](C)(O)CC2)CN3)c1F. The standard InChI is InChI=1S/C22H26ClFN4O2/c1-21(30)6-8-22(9-7-21)11-27-19-16(22)17(23)13(10-26-19)12-4-5-14(25)15(18(12)24)20(29)28(2)3/h4-5,10,30H,6-9,11,25H2,1-3H3,(H,26,27)/t21-,22-. The number of carbonyl (C=O) groups is 1. The summed E-state index contributed by atoms with van der Waals surface area (Å²) in [6.07, 6.45) is 4.38. The first-order valence-electron chi connectivity index (χ1n) is 10.0. The van der Waals surface area contributed by atoms with Gasteiger partial charge in [0.2, 0.25) is 0 Å². The molecule has 1 spiro atoms. The molecule has 1 aromatic heterocycles. The topological polar surface area (TPSA) is 91.5 Å². The fraction of sp³-hybridized carbons (Fsp3) is 0.455. The Balaban J connectivity index is 1.83. The van der Waals surface area contributed by atoms with Crippen LogP contribution < -0.4 is 11.1 Å². The number of aliphatic hydroxyl groups is 1. The summed E-state index contributed by atoms with van der Waals surface area (Å²) >= 11 is 6.85. The van der Waals surface area contributed by atoms with Crippen molar-refractivity contribution in [2.24, 2.45) is 0 Å². The average molecular weight is 433 g/mol. The predicted octanol–water partition coefficient (Wildman–Crippen LogP) is 3.81. The number of nitrogen functional groups attached to an aromatic ring is 1. The quantitative estimate of drug-likeness (QED) is 0.627. The first kappa shape index (κ1) is 20.9. The van der Waals surface area contributed by atoms with Gasteiger partial charge in [0.1, 0.15) is 11.6 Å². The molecular weight excluding hydrogens is 407 g/mol. The molecule has 8 heteroatoms. The van der Waals surface area contributed by atoms with E-state index >= 15 is 4.39 Å². The number of nitrogens with one attached hydrogen (secondary N) is 1. The number of rotatable bonds is 2. The summed E-state index contributed by atoms with van der Waals surface area (Å²) in [5.41, 5.74) is 6.37. The molecule has 1 saturated carbocycles. The highest BCUT2D eigenvalue weighted by Gasteiger charge is 2.47. The fourth-order valence-corrected chi connectivity index (χ4v) is 5.01. The first-order chi connectivity index (χ1) is 14.1. The minimum absolute atomic E-state index is 0.0767. The number of hydrogen-bond donors (Lipinski definition) is 3. The minimum atomic E-state index is -0.705. The normalized spacial score (nSPS) is 25.1. The van der Waals surface area contributed by atoms with Crippen LogP contribution in [0.2, 0.25) is 5.02 Å². The molecule has 1 aliphatic heterocycles. The van der Waals surface area contributed by atoms with E-state index in [9.17, 15) is 9.90 Å². The third kappa shape index (κ3) is 3.20. The Bertz CT molecular complexity index is 1030. The molecule has 0 radical (unpaired) electrons. The van der Waals surface area contributed by atoms with Crippen LogP contribution in [0.3, 0.4) is 0 Å². The van der Waals surface area contributed by atoms with Crippen LogP contribution in [0, 0.1) is 5.82 Å². The van der Waals surface area contributed by atoms with Crippen LogP contribution in [-0.4, -0.2) is 47.1 Å². The second-order valence-electron chi connectivity index (χ2n) is 8.93. The Morgan fingerprint density at radius 1 is 1.27 bits per heavy atom. The second-order valence-corrected chi connectivity index (χ2v) is 9.31. The lowest BCUT2D eigenvalue weighted by Crippen LogP contribution is -2.40. The smallest absolute Gasteiger partial charge is 0.258 e. The monoisotopic (exact) mass is 432 g/mol. The number of aromatic nitrogens is 1. The van der Waals surface area contributed by atoms with E-state index in [1.807, 2.05) is 6.92 Å². The summed E-state index contributed by atoms with van der Waals surface area (Å²) in [5, 5.41) is 14.1. The molecule has 0 atom stereocenters. The van der Waals surface area contributed by atoms with Gasteiger partial charge in [0.25, 0.3) is 5.91 Å². The van der Waals surface area contributed by atoms with Gasteiger partial charge in [-0.2, -0.15) is 0 Å². The predicted molar refractivity (Wildman–Crippen MR) is 116 cm³/mol. The summed E-state index contributed by atoms with van der Waals surface area (Å²) in [6, 6.07) is 3.05. The Kier molecular flexibility index (Phi) is 4.94. The molecule has 1 aromatic carbocycles. The number of fused-ring (bicyclic) bond motifs is 2. The highest BCUT2D eigenvalue weighted by molar-refractivity contribution is 6.34. The lowest BCUT2D eigenvalue weighted by Gasteiger charge is -2.40. The molecule has 4 N–H and O–H groups in total. The zero-order valence-electron chi connectivity index (χ0n) is 17.4. The van der Waals surface area contributed by atoms with Gasteiger partial charge >= 0.3 is 0 Å². The van der Waals surface area contributed by atoms with Crippen molar-refractivity contribution < 1.29 is 14.3 Å². The Morgan fingerprint density at radius 2 is 1.93 bits per heavy atom. The summed E-state index contributed by atoms with van der Waals surface area (Å²) in [4.78, 5) is 18.3. The van der Waals surface area contributed by atoms with Crippen LogP contribution in [0.15, 0.2) is 18.3 Å². The van der Waals surface area contributed by atoms with Gasteiger partial charge in [-0.3, -0.25) is 4.79 Å². The molecule has 1 aliphatic carbocycles. The van der Waals surface area contributed by atoms with Gasteiger partial charge in [-0.1, -0.05) is 11.6 Å². The van der Waals surface area contributed by atoms with Crippen molar-refractivity contribution in [2.75, 3.05) is 31.7 Å². The number of hydrogen-bond acceptors (Lipinski definition) is 5. The fourth-order valence-electron chi connectivity index (χ4n) is 4.57. The van der Waals surface area contributed by atoms with Gasteiger partial charge < -0.3 is 21.1 Å². The molecule has 2 aromatic rings. The van der Waals surface area contributed by atoms with Crippen molar-refractivity contribution in [1.29, 1.82) is 0 Å². The molecule has 1 amide bonds. The molecule has 30 heavy (non-hydrogen) atoms. The number of nitrogens with two attached hydrogens (primary N) is 1. The van der Waals surface area contributed by atoms with E-state index in [0.29, 0.717) is 35.8 Å². The van der Waals surface area contributed by atoms with Crippen LogP contribution in [0.1, 0.15) is 48.5 Å². The zero-order valence-corrected chi connectivity index (χ0v) is 18.1. The lowest BCUT2D eigenvalue weighted by atomic mass is 9.66. The van der Waals surface area contributed by atoms with Crippen molar-refractivity contribution >= 4 is 29.0 Å². The molecular formula is C22H26ClFN4O2. The minimum Gasteiger partial charge on any atom is -0.398 e. The third-order valence-electron chi connectivity index (χ3n) is 6.51. The van der Waals surface area contributed by atoms with Gasteiger partial charge in [0, 0.05) is 54.6 Å². The molecule has 0 bridgehead atoms. The Labute approximate surface area is 180 Å². The van der Waals surface area contributed by atoms with E-state index < -0.39 is 17.3 Å². The molecule has 160 valence electrons. The number of amides is 1. The lowest BCUT2D eigenvalue weighted by molar-refractivity contribution is 0.00320. The first-order valence-corrected chi connectivity index (χ1v) is 10.4. The molecule has 6 nitrogen and oxygen atoms in total. The largest absolute Gasteiger partial charge is 0.398 e. The molecule has 0 unspecified atom stereocenters. The maximum atomic E-state index is 15.4. The van der Waals surface area contributed by atoms with Crippen LogP contribution in [-0.2, 0) is 5.41 Å². The van der Waals surface area contributed by atoms with Crippen molar-refractivity contribution in [2.45, 2.75) is 43.6 Å². The average Bonchev–Trinajstić information content (AvgIpc) is 3.05. The number of pyridine rings is 1. The van der Waals surface area contributed by atoms with Crippen LogP contribution in [0.4, 0.5) is 15.9 Å². The third-order valence-corrected chi connectivity index (χ3v) is 6.90. The molecule has 4 rings (SSSR count). The van der Waals surface area contributed by atoms with Crippen molar-refractivity contribution in [1.82, 2.24) is 9.88 Å². The van der Waals surface area contributed by atoms with Crippen molar-refractivity contribution in [3.05, 3.63) is 40.3 Å². The number of benzene rings is 1. The summed E-state index contributed by atoms with van der Waals surface area (Å²) < 4.78 is 15.4.